The quantitative estimate of drug-likeness (QED) is 0.407. The van der Waals surface area contributed by atoms with Gasteiger partial charge in [0.25, 0.3) is 5.91 Å². The van der Waals surface area contributed by atoms with Gasteiger partial charge in [-0.05, 0) is 60.4 Å². The number of rotatable bonds is 11. The second kappa shape index (κ2) is 11.6. The molecule has 0 aliphatic heterocycles. The van der Waals surface area contributed by atoms with Crippen LogP contribution in [-0.4, -0.2) is 25.7 Å². The van der Waals surface area contributed by atoms with Crippen molar-refractivity contribution in [3.8, 4) is 17.2 Å². The molecule has 0 fully saturated rings. The first-order valence-electron chi connectivity index (χ1n) is 10.6. The first-order chi connectivity index (χ1) is 15.2. The third kappa shape index (κ3) is 7.07. The molecule has 0 unspecified atom stereocenters. The Morgan fingerprint density at radius 2 is 1.42 bits per heavy atom. The fourth-order valence-electron chi connectivity index (χ4n) is 3.05. The van der Waals surface area contributed by atoms with Gasteiger partial charge in [-0.2, -0.15) is 0 Å². The highest BCUT2D eigenvalue weighted by molar-refractivity contribution is 5.91. The third-order valence-corrected chi connectivity index (χ3v) is 4.92. The number of carbonyl (C=O) groups is 1. The number of benzene rings is 3. The smallest absolute Gasteiger partial charge is 0.262 e. The Morgan fingerprint density at radius 3 is 2.10 bits per heavy atom. The van der Waals surface area contributed by atoms with Crippen molar-refractivity contribution in [3.63, 3.8) is 0 Å². The molecular weight excluding hydrogens is 390 g/mol. The van der Waals surface area contributed by atoms with Crippen molar-refractivity contribution in [2.24, 2.45) is 0 Å². The number of hydrogen-bond donors (Lipinski definition) is 1. The van der Waals surface area contributed by atoms with E-state index in [4.69, 9.17) is 14.2 Å². The number of carbonyl (C=O) groups excluding carboxylic acids is 1. The molecule has 0 aromatic heterocycles. The Kier molecular flexibility index (Phi) is 8.35. The topological polar surface area (TPSA) is 56.8 Å². The van der Waals surface area contributed by atoms with Crippen molar-refractivity contribution in [2.75, 3.05) is 25.1 Å². The van der Waals surface area contributed by atoms with Crippen LogP contribution in [0.2, 0.25) is 0 Å². The summed E-state index contributed by atoms with van der Waals surface area (Å²) >= 11 is 0. The van der Waals surface area contributed by atoms with Gasteiger partial charge in [-0.1, -0.05) is 50.2 Å². The van der Waals surface area contributed by atoms with Gasteiger partial charge in [0, 0.05) is 5.69 Å². The molecule has 0 aliphatic carbocycles. The Balaban J connectivity index is 1.42. The molecule has 0 spiro atoms. The predicted octanol–water partition coefficient (Wildman–Crippen LogP) is 5.68. The van der Waals surface area contributed by atoms with Gasteiger partial charge >= 0.3 is 0 Å². The van der Waals surface area contributed by atoms with Crippen LogP contribution in [0, 0.1) is 0 Å². The molecule has 5 heteroatoms. The molecule has 3 rings (SSSR count). The van der Waals surface area contributed by atoms with Crippen LogP contribution in [0.3, 0.4) is 0 Å². The lowest BCUT2D eigenvalue weighted by atomic mass is 9.98. The number of hydrogen-bond acceptors (Lipinski definition) is 4. The normalized spacial score (nSPS) is 11.4. The summed E-state index contributed by atoms with van der Waals surface area (Å²) in [5.41, 5.74) is 1.81. The molecule has 1 atom stereocenters. The SMILES string of the molecule is CC[C@@H](C)c1ccccc1OCC(=O)Nc1ccc(OCCOc2ccccc2)cc1. The van der Waals surface area contributed by atoms with Crippen LogP contribution in [0.1, 0.15) is 31.7 Å². The van der Waals surface area contributed by atoms with E-state index in [1.807, 2.05) is 66.7 Å². The first kappa shape index (κ1) is 22.2. The van der Waals surface area contributed by atoms with Crippen LogP contribution in [0.5, 0.6) is 17.2 Å². The standard InChI is InChI=1S/C26H29NO4/c1-3-20(2)24-11-7-8-12-25(24)31-19-26(28)27-21-13-15-23(16-14-21)30-18-17-29-22-9-5-4-6-10-22/h4-16,20H,3,17-19H2,1-2H3,(H,27,28)/t20-/m1/s1. The van der Waals surface area contributed by atoms with E-state index in [1.165, 1.54) is 0 Å². The molecule has 1 N–H and O–H groups in total. The minimum atomic E-state index is -0.205. The molecule has 1 amide bonds. The minimum absolute atomic E-state index is 0.0392. The monoisotopic (exact) mass is 419 g/mol. The highest BCUT2D eigenvalue weighted by atomic mass is 16.5. The molecule has 0 saturated carbocycles. The van der Waals surface area contributed by atoms with Crippen molar-refractivity contribution in [2.45, 2.75) is 26.2 Å². The van der Waals surface area contributed by atoms with Crippen molar-refractivity contribution in [1.29, 1.82) is 0 Å². The van der Waals surface area contributed by atoms with Gasteiger partial charge in [0.2, 0.25) is 0 Å². The van der Waals surface area contributed by atoms with E-state index >= 15 is 0 Å². The van der Waals surface area contributed by atoms with Gasteiger partial charge in [-0.25, -0.2) is 0 Å². The molecular formula is C26H29NO4. The molecule has 3 aromatic carbocycles. The molecule has 0 heterocycles. The molecule has 162 valence electrons. The lowest BCUT2D eigenvalue weighted by Gasteiger charge is -2.15. The Labute approximate surface area is 184 Å². The van der Waals surface area contributed by atoms with Crippen LogP contribution in [0.4, 0.5) is 5.69 Å². The predicted molar refractivity (Wildman–Crippen MR) is 123 cm³/mol. The first-order valence-corrected chi connectivity index (χ1v) is 10.6. The molecule has 3 aromatic rings. The Bertz CT molecular complexity index is 941. The highest BCUT2D eigenvalue weighted by Gasteiger charge is 2.11. The summed E-state index contributed by atoms with van der Waals surface area (Å²) in [5.74, 6) is 2.47. The Morgan fingerprint density at radius 1 is 0.806 bits per heavy atom. The maximum atomic E-state index is 12.3. The fraction of sp³-hybridized carbons (Fsp3) is 0.269. The summed E-state index contributed by atoms with van der Waals surface area (Å²) in [6, 6.07) is 24.7. The van der Waals surface area contributed by atoms with Crippen LogP contribution in [0.25, 0.3) is 0 Å². The van der Waals surface area contributed by atoms with Crippen molar-refractivity contribution in [1.82, 2.24) is 0 Å². The zero-order valence-corrected chi connectivity index (χ0v) is 18.0. The lowest BCUT2D eigenvalue weighted by molar-refractivity contribution is -0.118. The van der Waals surface area contributed by atoms with E-state index in [2.05, 4.69) is 19.2 Å². The van der Waals surface area contributed by atoms with Gasteiger partial charge in [0.1, 0.15) is 30.5 Å². The molecule has 0 bridgehead atoms. The molecule has 0 radical (unpaired) electrons. The van der Waals surface area contributed by atoms with Crippen LogP contribution >= 0.6 is 0 Å². The highest BCUT2D eigenvalue weighted by Crippen LogP contribution is 2.28. The summed E-state index contributed by atoms with van der Waals surface area (Å²) in [6.45, 7) is 5.14. The maximum absolute atomic E-state index is 12.3. The van der Waals surface area contributed by atoms with Crippen LogP contribution in [0.15, 0.2) is 78.9 Å². The van der Waals surface area contributed by atoms with Crippen molar-refractivity contribution in [3.05, 3.63) is 84.4 Å². The van der Waals surface area contributed by atoms with E-state index in [1.54, 1.807) is 12.1 Å². The maximum Gasteiger partial charge on any atom is 0.262 e. The molecule has 0 saturated heterocycles. The van der Waals surface area contributed by atoms with Gasteiger partial charge in [-0.3, -0.25) is 4.79 Å². The fourth-order valence-corrected chi connectivity index (χ4v) is 3.05. The minimum Gasteiger partial charge on any atom is -0.490 e. The van der Waals surface area contributed by atoms with Crippen molar-refractivity contribution >= 4 is 11.6 Å². The van der Waals surface area contributed by atoms with Gasteiger partial charge < -0.3 is 19.5 Å². The number of nitrogens with one attached hydrogen (secondary N) is 1. The molecule has 5 nitrogen and oxygen atoms in total. The number of para-hydroxylation sites is 2. The second-order valence-corrected chi connectivity index (χ2v) is 7.22. The van der Waals surface area contributed by atoms with Crippen LogP contribution in [-0.2, 0) is 4.79 Å². The summed E-state index contributed by atoms with van der Waals surface area (Å²) in [7, 11) is 0. The molecule has 0 aliphatic rings. The zero-order valence-electron chi connectivity index (χ0n) is 18.0. The zero-order chi connectivity index (χ0) is 21.9. The number of ether oxygens (including phenoxy) is 3. The van der Waals surface area contributed by atoms with Crippen LogP contribution < -0.4 is 19.5 Å². The van der Waals surface area contributed by atoms with E-state index in [9.17, 15) is 4.79 Å². The van der Waals surface area contributed by atoms with E-state index < -0.39 is 0 Å². The van der Waals surface area contributed by atoms with E-state index in [0.29, 0.717) is 30.6 Å². The number of anilines is 1. The third-order valence-electron chi connectivity index (χ3n) is 4.92. The second-order valence-electron chi connectivity index (χ2n) is 7.22. The van der Waals surface area contributed by atoms with E-state index in [-0.39, 0.29) is 12.5 Å². The summed E-state index contributed by atoms with van der Waals surface area (Å²) < 4.78 is 17.0. The van der Waals surface area contributed by atoms with Gasteiger partial charge in [0.05, 0.1) is 0 Å². The average Bonchev–Trinajstić information content (AvgIpc) is 2.82. The van der Waals surface area contributed by atoms with Crippen molar-refractivity contribution < 1.29 is 19.0 Å². The largest absolute Gasteiger partial charge is 0.490 e. The van der Waals surface area contributed by atoms with E-state index in [0.717, 1.165) is 23.5 Å². The summed E-state index contributed by atoms with van der Waals surface area (Å²) in [4.78, 5) is 12.3. The summed E-state index contributed by atoms with van der Waals surface area (Å²) in [6.07, 6.45) is 1.01. The summed E-state index contributed by atoms with van der Waals surface area (Å²) in [5, 5.41) is 2.85. The molecule has 31 heavy (non-hydrogen) atoms. The lowest BCUT2D eigenvalue weighted by Crippen LogP contribution is -2.20. The Hall–Kier alpha value is -3.47. The average molecular weight is 420 g/mol. The number of amides is 1. The van der Waals surface area contributed by atoms with Gasteiger partial charge in [0.15, 0.2) is 6.61 Å². The van der Waals surface area contributed by atoms with Gasteiger partial charge in [-0.15, -0.1) is 0 Å².